The zero-order valence-electron chi connectivity index (χ0n) is 15.1. The van der Waals surface area contributed by atoms with E-state index in [9.17, 15) is 8.78 Å². The third kappa shape index (κ3) is 3.55. The second-order valence-electron chi connectivity index (χ2n) is 7.31. The standard InChI is InChI=1S/C19H26F2N4O/c1-22-19(25-6-5-13(12-25)24-7-9-26-10-8-24)23-17-11-14(17)18-15(20)3-2-4-16(18)21/h2-4,13-14,17H,5-12H2,1H3,(H,22,23). The molecule has 2 heterocycles. The van der Waals surface area contributed by atoms with Crippen molar-refractivity contribution in [2.75, 3.05) is 46.4 Å². The van der Waals surface area contributed by atoms with Gasteiger partial charge in [-0.25, -0.2) is 8.78 Å². The maximum atomic E-state index is 14.0. The van der Waals surface area contributed by atoms with Gasteiger partial charge < -0.3 is 15.0 Å². The van der Waals surface area contributed by atoms with Crippen LogP contribution >= 0.6 is 0 Å². The predicted molar refractivity (Wildman–Crippen MR) is 96.4 cm³/mol. The molecule has 3 unspecified atom stereocenters. The van der Waals surface area contributed by atoms with Gasteiger partial charge in [-0.05, 0) is 25.0 Å². The molecule has 0 aromatic heterocycles. The number of aliphatic imine (C=N–C) groups is 1. The number of benzene rings is 1. The van der Waals surface area contributed by atoms with E-state index in [1.54, 1.807) is 7.05 Å². The van der Waals surface area contributed by atoms with Crippen molar-refractivity contribution in [2.45, 2.75) is 30.8 Å². The Morgan fingerprint density at radius 1 is 1.19 bits per heavy atom. The molecular weight excluding hydrogens is 338 g/mol. The van der Waals surface area contributed by atoms with E-state index in [0.717, 1.165) is 58.2 Å². The van der Waals surface area contributed by atoms with Crippen LogP contribution in [0, 0.1) is 11.6 Å². The minimum atomic E-state index is -0.456. The van der Waals surface area contributed by atoms with Gasteiger partial charge in [0.2, 0.25) is 0 Å². The van der Waals surface area contributed by atoms with E-state index in [0.29, 0.717) is 6.04 Å². The molecule has 3 aliphatic rings. The van der Waals surface area contributed by atoms with E-state index in [1.807, 2.05) is 0 Å². The van der Waals surface area contributed by atoms with Gasteiger partial charge in [-0.15, -0.1) is 0 Å². The van der Waals surface area contributed by atoms with E-state index in [1.165, 1.54) is 18.2 Å². The van der Waals surface area contributed by atoms with Gasteiger partial charge in [-0.3, -0.25) is 9.89 Å². The SMILES string of the molecule is CN=C(NC1CC1c1c(F)cccc1F)N1CCC(N2CCOCC2)C1. The van der Waals surface area contributed by atoms with Crippen molar-refractivity contribution in [3.63, 3.8) is 0 Å². The summed E-state index contributed by atoms with van der Waals surface area (Å²) in [5.41, 5.74) is 0.202. The molecule has 3 atom stereocenters. The molecule has 2 aliphatic heterocycles. The Labute approximate surface area is 153 Å². The maximum absolute atomic E-state index is 14.0. The quantitative estimate of drug-likeness (QED) is 0.656. The lowest BCUT2D eigenvalue weighted by atomic mass is 10.1. The molecule has 26 heavy (non-hydrogen) atoms. The number of halogens is 2. The number of ether oxygens (including phenoxy) is 1. The first-order valence-corrected chi connectivity index (χ1v) is 9.41. The average molecular weight is 364 g/mol. The molecule has 1 N–H and O–H groups in total. The van der Waals surface area contributed by atoms with Gasteiger partial charge in [0, 0.05) is 56.8 Å². The van der Waals surface area contributed by atoms with Crippen molar-refractivity contribution in [3.8, 4) is 0 Å². The average Bonchev–Trinajstić information content (AvgIpc) is 3.22. The predicted octanol–water partition coefficient (Wildman–Crippen LogP) is 1.80. The Morgan fingerprint density at radius 3 is 2.62 bits per heavy atom. The van der Waals surface area contributed by atoms with Crippen LogP contribution in [0.4, 0.5) is 8.78 Å². The lowest BCUT2D eigenvalue weighted by Gasteiger charge is -2.32. The molecule has 2 saturated heterocycles. The summed E-state index contributed by atoms with van der Waals surface area (Å²) in [7, 11) is 1.77. The Kier molecular flexibility index (Phi) is 5.09. The van der Waals surface area contributed by atoms with Crippen LogP contribution in [0.2, 0.25) is 0 Å². The van der Waals surface area contributed by atoms with Crippen LogP contribution in [0.15, 0.2) is 23.2 Å². The van der Waals surface area contributed by atoms with Crippen molar-refractivity contribution in [1.29, 1.82) is 0 Å². The molecule has 7 heteroatoms. The zero-order chi connectivity index (χ0) is 18.1. The highest BCUT2D eigenvalue weighted by molar-refractivity contribution is 5.81. The molecule has 5 nitrogen and oxygen atoms in total. The Bertz CT molecular complexity index is 657. The van der Waals surface area contributed by atoms with E-state index < -0.39 is 11.6 Å². The van der Waals surface area contributed by atoms with Crippen molar-refractivity contribution in [2.24, 2.45) is 4.99 Å². The van der Waals surface area contributed by atoms with Gasteiger partial charge in [-0.2, -0.15) is 0 Å². The number of guanidine groups is 1. The number of likely N-dealkylation sites (tertiary alicyclic amines) is 1. The summed E-state index contributed by atoms with van der Waals surface area (Å²) in [5.74, 6) is -0.193. The van der Waals surface area contributed by atoms with Crippen molar-refractivity contribution < 1.29 is 13.5 Å². The fraction of sp³-hybridized carbons (Fsp3) is 0.632. The summed E-state index contributed by atoms with van der Waals surface area (Å²) in [4.78, 5) is 9.15. The van der Waals surface area contributed by atoms with Gasteiger partial charge in [0.25, 0.3) is 0 Å². The first kappa shape index (κ1) is 17.7. The fourth-order valence-electron chi connectivity index (χ4n) is 4.18. The summed E-state index contributed by atoms with van der Waals surface area (Å²) < 4.78 is 33.4. The molecule has 1 aromatic carbocycles. The molecule has 3 fully saturated rings. The van der Waals surface area contributed by atoms with Crippen LogP contribution in [0.25, 0.3) is 0 Å². The van der Waals surface area contributed by atoms with Crippen molar-refractivity contribution in [3.05, 3.63) is 35.4 Å². The zero-order valence-corrected chi connectivity index (χ0v) is 15.1. The number of rotatable bonds is 3. The van der Waals surface area contributed by atoms with Gasteiger partial charge in [0.1, 0.15) is 11.6 Å². The van der Waals surface area contributed by atoms with Crippen LogP contribution in [0.5, 0.6) is 0 Å². The monoisotopic (exact) mass is 364 g/mol. The summed E-state index contributed by atoms with van der Waals surface area (Å²) in [6.07, 6.45) is 1.84. The summed E-state index contributed by atoms with van der Waals surface area (Å²) in [6.45, 7) is 5.48. The molecule has 0 bridgehead atoms. The maximum Gasteiger partial charge on any atom is 0.193 e. The van der Waals surface area contributed by atoms with Crippen molar-refractivity contribution >= 4 is 5.96 Å². The highest BCUT2D eigenvalue weighted by atomic mass is 19.1. The van der Waals surface area contributed by atoms with Gasteiger partial charge in [0.05, 0.1) is 13.2 Å². The van der Waals surface area contributed by atoms with E-state index in [4.69, 9.17) is 4.74 Å². The van der Waals surface area contributed by atoms with E-state index in [2.05, 4.69) is 20.1 Å². The molecule has 4 rings (SSSR count). The van der Waals surface area contributed by atoms with E-state index >= 15 is 0 Å². The summed E-state index contributed by atoms with van der Waals surface area (Å²) in [6, 6.07) is 4.64. The van der Waals surface area contributed by atoms with Crippen LogP contribution in [-0.4, -0.2) is 74.3 Å². The van der Waals surface area contributed by atoms with Crippen LogP contribution in [0.1, 0.15) is 24.3 Å². The third-order valence-corrected chi connectivity index (χ3v) is 5.71. The number of hydrogen-bond donors (Lipinski definition) is 1. The van der Waals surface area contributed by atoms with Crippen molar-refractivity contribution in [1.82, 2.24) is 15.1 Å². The number of hydrogen-bond acceptors (Lipinski definition) is 3. The lowest BCUT2D eigenvalue weighted by molar-refractivity contribution is 0.0195. The van der Waals surface area contributed by atoms with Crippen LogP contribution < -0.4 is 5.32 Å². The minimum Gasteiger partial charge on any atom is -0.379 e. The largest absolute Gasteiger partial charge is 0.379 e. The van der Waals surface area contributed by atoms with E-state index in [-0.39, 0.29) is 17.5 Å². The topological polar surface area (TPSA) is 40.1 Å². The van der Waals surface area contributed by atoms with Gasteiger partial charge >= 0.3 is 0 Å². The lowest BCUT2D eigenvalue weighted by Crippen LogP contribution is -2.47. The Hall–Kier alpha value is -1.73. The highest BCUT2D eigenvalue weighted by Gasteiger charge is 2.43. The first-order valence-electron chi connectivity index (χ1n) is 9.41. The molecule has 1 saturated carbocycles. The second kappa shape index (κ2) is 7.48. The number of morpholine rings is 1. The van der Waals surface area contributed by atoms with Gasteiger partial charge in [0.15, 0.2) is 5.96 Å². The normalized spacial score (nSPS) is 29.9. The number of nitrogens with one attached hydrogen (secondary N) is 1. The Balaban J connectivity index is 1.35. The van der Waals surface area contributed by atoms with Gasteiger partial charge in [-0.1, -0.05) is 6.07 Å². The first-order chi connectivity index (χ1) is 12.7. The number of nitrogens with zero attached hydrogens (tertiary/aromatic N) is 3. The smallest absolute Gasteiger partial charge is 0.193 e. The fourth-order valence-corrected chi connectivity index (χ4v) is 4.18. The summed E-state index contributed by atoms with van der Waals surface area (Å²) in [5, 5.41) is 3.41. The minimum absolute atomic E-state index is 0.0440. The molecule has 0 amide bonds. The molecule has 142 valence electrons. The molecule has 0 radical (unpaired) electrons. The molecule has 0 spiro atoms. The molecule has 1 aromatic rings. The second-order valence-corrected chi connectivity index (χ2v) is 7.31. The molecule has 1 aliphatic carbocycles. The van der Waals surface area contributed by atoms with Crippen LogP contribution in [0.3, 0.4) is 0 Å². The molecular formula is C19H26F2N4O. The van der Waals surface area contributed by atoms with Crippen LogP contribution in [-0.2, 0) is 4.74 Å². The highest BCUT2D eigenvalue weighted by Crippen LogP contribution is 2.43. The third-order valence-electron chi connectivity index (χ3n) is 5.71. The summed E-state index contributed by atoms with van der Waals surface area (Å²) >= 11 is 0. The Morgan fingerprint density at radius 2 is 1.92 bits per heavy atom.